The van der Waals surface area contributed by atoms with Crippen molar-refractivity contribution in [3.63, 3.8) is 0 Å². The van der Waals surface area contributed by atoms with Crippen LogP contribution >= 0.6 is 0 Å². The van der Waals surface area contributed by atoms with E-state index < -0.39 is 0 Å². The molecular weight excluding hydrogens is 254 g/mol. The molecule has 0 saturated carbocycles. The largest absolute Gasteiger partial charge is 0.379 e. The van der Waals surface area contributed by atoms with E-state index in [1.165, 1.54) is 0 Å². The summed E-state index contributed by atoms with van der Waals surface area (Å²) < 4.78 is 5.38. The average Bonchev–Trinajstić information content (AvgIpc) is 2.90. The highest BCUT2D eigenvalue weighted by molar-refractivity contribution is 5.94. The van der Waals surface area contributed by atoms with Crippen molar-refractivity contribution in [3.05, 3.63) is 29.3 Å². The van der Waals surface area contributed by atoms with Gasteiger partial charge in [0.2, 0.25) is 5.91 Å². The van der Waals surface area contributed by atoms with Crippen LogP contribution in [0, 0.1) is 24.2 Å². The molecule has 1 aromatic carbocycles. The maximum absolute atomic E-state index is 12.3. The number of carbonyl (C=O) groups excluding carboxylic acids is 1. The third kappa shape index (κ3) is 3.16. The fourth-order valence-electron chi connectivity index (χ4n) is 2.33. The van der Waals surface area contributed by atoms with Crippen molar-refractivity contribution in [2.24, 2.45) is 5.92 Å². The Hall–Kier alpha value is -1.90. The molecule has 2 N–H and O–H groups in total. The fraction of sp³-hybridized carbons (Fsp3) is 0.467. The zero-order valence-electron chi connectivity index (χ0n) is 11.8. The summed E-state index contributed by atoms with van der Waals surface area (Å²) in [6, 6.07) is 7.41. The Bertz CT molecular complexity index is 536. The first-order valence-corrected chi connectivity index (χ1v) is 6.78. The minimum Gasteiger partial charge on any atom is -0.379 e. The summed E-state index contributed by atoms with van der Waals surface area (Å²) in [6.45, 7) is 5.71. The predicted octanol–water partition coefficient (Wildman–Crippen LogP) is 1.43. The molecule has 0 aliphatic carbocycles. The zero-order valence-corrected chi connectivity index (χ0v) is 11.8. The predicted molar refractivity (Wildman–Crippen MR) is 76.3 cm³/mol. The maximum atomic E-state index is 12.3. The second kappa shape index (κ2) is 6.51. The van der Waals surface area contributed by atoms with Crippen molar-refractivity contribution < 1.29 is 9.53 Å². The molecule has 1 fully saturated rings. The number of nitriles is 1. The Balaban J connectivity index is 2.10. The summed E-state index contributed by atoms with van der Waals surface area (Å²) >= 11 is 0. The number of carbonyl (C=O) groups is 1. The van der Waals surface area contributed by atoms with Gasteiger partial charge >= 0.3 is 0 Å². The van der Waals surface area contributed by atoms with Gasteiger partial charge in [-0.2, -0.15) is 5.26 Å². The third-order valence-electron chi connectivity index (χ3n) is 3.51. The minimum atomic E-state index is -0.194. The molecule has 20 heavy (non-hydrogen) atoms. The number of aryl methyl sites for hydroxylation is 1. The van der Waals surface area contributed by atoms with E-state index in [9.17, 15) is 4.79 Å². The normalized spacial score (nSPS) is 21.4. The highest BCUT2D eigenvalue weighted by Gasteiger charge is 2.33. The Morgan fingerprint density at radius 3 is 3.00 bits per heavy atom. The Morgan fingerprint density at radius 2 is 2.30 bits per heavy atom. The molecular formula is C15H19N3O2. The number of rotatable bonds is 4. The number of amides is 1. The summed E-state index contributed by atoms with van der Waals surface area (Å²) in [7, 11) is 0. The lowest BCUT2D eigenvalue weighted by atomic mass is 10.0. The monoisotopic (exact) mass is 273 g/mol. The van der Waals surface area contributed by atoms with Gasteiger partial charge in [0.25, 0.3) is 0 Å². The summed E-state index contributed by atoms with van der Waals surface area (Å²) in [6.07, 6.45) is 0. The summed E-state index contributed by atoms with van der Waals surface area (Å²) in [5, 5.41) is 15.1. The summed E-state index contributed by atoms with van der Waals surface area (Å²) in [4.78, 5) is 12.3. The van der Waals surface area contributed by atoms with Gasteiger partial charge in [0.05, 0.1) is 30.8 Å². The summed E-state index contributed by atoms with van der Waals surface area (Å²) in [5.74, 6) is -0.258. The molecule has 1 amide bonds. The van der Waals surface area contributed by atoms with Crippen LogP contribution in [0.25, 0.3) is 0 Å². The third-order valence-corrected chi connectivity index (χ3v) is 3.51. The van der Waals surface area contributed by atoms with E-state index in [1.807, 2.05) is 19.9 Å². The van der Waals surface area contributed by atoms with E-state index in [-0.39, 0.29) is 17.9 Å². The van der Waals surface area contributed by atoms with Crippen LogP contribution in [0.1, 0.15) is 18.1 Å². The van der Waals surface area contributed by atoms with Gasteiger partial charge in [-0.1, -0.05) is 13.0 Å². The first kappa shape index (κ1) is 14.5. The van der Waals surface area contributed by atoms with E-state index in [4.69, 9.17) is 10.00 Å². The van der Waals surface area contributed by atoms with E-state index in [2.05, 4.69) is 16.7 Å². The van der Waals surface area contributed by atoms with Crippen LogP contribution in [0.3, 0.4) is 0 Å². The van der Waals surface area contributed by atoms with Crippen LogP contribution in [-0.4, -0.2) is 31.7 Å². The molecule has 0 radical (unpaired) electrons. The van der Waals surface area contributed by atoms with Crippen molar-refractivity contribution in [2.75, 3.05) is 25.1 Å². The number of ether oxygens (including phenoxy) is 1. The number of nitrogens with zero attached hydrogens (tertiary/aromatic N) is 1. The SMILES string of the molecule is CCNC1COCC1C(=O)Nc1cc(C#N)ccc1C. The molecule has 0 aromatic heterocycles. The summed E-state index contributed by atoms with van der Waals surface area (Å²) in [5.41, 5.74) is 2.17. The van der Waals surface area contributed by atoms with Crippen molar-refractivity contribution in [2.45, 2.75) is 19.9 Å². The lowest BCUT2D eigenvalue weighted by Gasteiger charge is -2.18. The van der Waals surface area contributed by atoms with E-state index in [1.54, 1.807) is 12.1 Å². The Morgan fingerprint density at radius 1 is 1.50 bits per heavy atom. The van der Waals surface area contributed by atoms with Gasteiger partial charge < -0.3 is 15.4 Å². The van der Waals surface area contributed by atoms with Crippen molar-refractivity contribution in [3.8, 4) is 6.07 Å². The van der Waals surface area contributed by atoms with Crippen LogP contribution in [0.2, 0.25) is 0 Å². The number of hydrogen-bond acceptors (Lipinski definition) is 4. The maximum Gasteiger partial charge on any atom is 0.231 e. The highest BCUT2D eigenvalue weighted by Crippen LogP contribution is 2.20. The van der Waals surface area contributed by atoms with Crippen molar-refractivity contribution in [1.82, 2.24) is 5.32 Å². The number of benzene rings is 1. The lowest BCUT2D eigenvalue weighted by molar-refractivity contribution is -0.120. The molecule has 2 rings (SSSR count). The Kier molecular flexibility index (Phi) is 4.72. The van der Waals surface area contributed by atoms with Gasteiger partial charge in [0.15, 0.2) is 0 Å². The van der Waals surface area contributed by atoms with Gasteiger partial charge in [-0.3, -0.25) is 4.79 Å². The molecule has 0 bridgehead atoms. The lowest BCUT2D eigenvalue weighted by Crippen LogP contribution is -2.41. The standard InChI is InChI=1S/C15H19N3O2/c1-3-17-14-9-20-8-12(14)15(19)18-13-6-11(7-16)5-4-10(13)2/h4-6,12,14,17H,3,8-9H2,1-2H3,(H,18,19). The first-order valence-electron chi connectivity index (χ1n) is 6.78. The topological polar surface area (TPSA) is 74.2 Å². The number of hydrogen-bond donors (Lipinski definition) is 2. The van der Waals surface area contributed by atoms with Crippen LogP contribution in [-0.2, 0) is 9.53 Å². The second-order valence-electron chi connectivity index (χ2n) is 4.94. The average molecular weight is 273 g/mol. The molecule has 1 aromatic rings. The van der Waals surface area contributed by atoms with Gasteiger partial charge in [0.1, 0.15) is 0 Å². The zero-order chi connectivity index (χ0) is 14.5. The van der Waals surface area contributed by atoms with Gasteiger partial charge in [0, 0.05) is 11.7 Å². The van der Waals surface area contributed by atoms with E-state index in [0.29, 0.717) is 24.5 Å². The molecule has 1 aliphatic heterocycles. The minimum absolute atomic E-state index is 0.0551. The smallest absolute Gasteiger partial charge is 0.231 e. The molecule has 5 nitrogen and oxygen atoms in total. The fourth-order valence-corrected chi connectivity index (χ4v) is 2.33. The van der Waals surface area contributed by atoms with Crippen molar-refractivity contribution >= 4 is 11.6 Å². The van der Waals surface area contributed by atoms with E-state index in [0.717, 1.165) is 12.1 Å². The van der Waals surface area contributed by atoms with Gasteiger partial charge in [-0.05, 0) is 31.2 Å². The Labute approximate surface area is 118 Å². The molecule has 5 heteroatoms. The second-order valence-corrected chi connectivity index (χ2v) is 4.94. The van der Waals surface area contributed by atoms with Crippen molar-refractivity contribution in [1.29, 1.82) is 5.26 Å². The molecule has 1 heterocycles. The molecule has 2 unspecified atom stereocenters. The van der Waals surface area contributed by atoms with E-state index >= 15 is 0 Å². The van der Waals surface area contributed by atoms with Crippen LogP contribution in [0.15, 0.2) is 18.2 Å². The van der Waals surface area contributed by atoms with Crippen LogP contribution < -0.4 is 10.6 Å². The number of likely N-dealkylation sites (N-methyl/N-ethyl adjacent to an activating group) is 1. The molecule has 106 valence electrons. The number of nitrogens with one attached hydrogen (secondary N) is 2. The highest BCUT2D eigenvalue weighted by atomic mass is 16.5. The molecule has 1 aliphatic rings. The van der Waals surface area contributed by atoms with Gasteiger partial charge in [-0.15, -0.1) is 0 Å². The van der Waals surface area contributed by atoms with Crippen LogP contribution in [0.4, 0.5) is 5.69 Å². The molecule has 1 saturated heterocycles. The first-order chi connectivity index (χ1) is 9.65. The van der Waals surface area contributed by atoms with Crippen LogP contribution in [0.5, 0.6) is 0 Å². The number of anilines is 1. The quantitative estimate of drug-likeness (QED) is 0.870. The molecule has 0 spiro atoms. The van der Waals surface area contributed by atoms with Gasteiger partial charge in [-0.25, -0.2) is 0 Å². The molecule has 2 atom stereocenters.